The molecular weight excluding hydrogens is 532 g/mol. The molecule has 29 heavy (non-hydrogen) atoms. The summed E-state index contributed by atoms with van der Waals surface area (Å²) in [6.07, 6.45) is 0. The quantitative estimate of drug-likeness (QED) is 0.288. The molecular formula is C17H14F3IO7S-2. The molecule has 0 aromatic heterocycles. The van der Waals surface area contributed by atoms with Crippen LogP contribution in [0.1, 0.15) is 0 Å². The zero-order chi connectivity index (χ0) is 20.9. The standard InChI is InChI=1S/C17H15F3IO7S/c18-17(19,29(22,23)24)21(20,11-1-3-13-15(9-11)27-7-5-25-13)12-2-4-14-16(10-12)28-8-6-26-14/h1-4,9-10H,5-8H2,(H,22,23,24)/q-1/p-1. The van der Waals surface area contributed by atoms with Crippen molar-refractivity contribution in [2.24, 2.45) is 0 Å². The van der Waals surface area contributed by atoms with Gasteiger partial charge in [0.15, 0.2) is 0 Å². The van der Waals surface area contributed by atoms with E-state index in [0.717, 1.165) is 24.3 Å². The van der Waals surface area contributed by atoms with Crippen LogP contribution in [0, 0.1) is 7.14 Å². The van der Waals surface area contributed by atoms with E-state index in [1.54, 1.807) is 0 Å². The molecule has 12 heteroatoms. The summed E-state index contributed by atoms with van der Waals surface area (Å²) in [4.78, 5) is 0. The summed E-state index contributed by atoms with van der Waals surface area (Å²) in [5.74, 6) is 0.407. The number of rotatable bonds is 4. The Morgan fingerprint density at radius 3 is 1.55 bits per heavy atom. The van der Waals surface area contributed by atoms with E-state index in [1.165, 1.54) is 12.1 Å². The van der Waals surface area contributed by atoms with Gasteiger partial charge in [-0.3, -0.25) is 0 Å². The first-order chi connectivity index (χ1) is 13.6. The van der Waals surface area contributed by atoms with Crippen molar-refractivity contribution in [2.45, 2.75) is 3.26 Å². The molecule has 0 N–H and O–H groups in total. The van der Waals surface area contributed by atoms with E-state index >= 15 is 2.86 Å². The number of halogens is 4. The van der Waals surface area contributed by atoms with Crippen LogP contribution in [0.2, 0.25) is 0 Å². The van der Waals surface area contributed by atoms with E-state index in [-0.39, 0.29) is 49.4 Å². The van der Waals surface area contributed by atoms with Gasteiger partial charge in [-0.2, -0.15) is 0 Å². The third kappa shape index (κ3) is 3.26. The van der Waals surface area contributed by atoms with Crippen LogP contribution in [-0.4, -0.2) is 42.7 Å². The molecule has 4 rings (SSSR count). The van der Waals surface area contributed by atoms with Gasteiger partial charge in [-0.25, -0.2) is 0 Å². The van der Waals surface area contributed by atoms with Gasteiger partial charge >= 0.3 is 169 Å². The molecule has 2 aromatic carbocycles. The molecule has 160 valence electrons. The van der Waals surface area contributed by atoms with Gasteiger partial charge in [0.25, 0.3) is 0 Å². The van der Waals surface area contributed by atoms with Crippen molar-refractivity contribution >= 4 is 10.1 Å². The summed E-state index contributed by atoms with van der Waals surface area (Å²) in [5, 5.41) is 0. The van der Waals surface area contributed by atoms with Crippen molar-refractivity contribution in [1.82, 2.24) is 0 Å². The Morgan fingerprint density at radius 2 is 1.17 bits per heavy atom. The van der Waals surface area contributed by atoms with Gasteiger partial charge in [0.1, 0.15) is 0 Å². The number of alkyl halides is 3. The second-order valence-electron chi connectivity index (χ2n) is 5.97. The van der Waals surface area contributed by atoms with Gasteiger partial charge < -0.3 is 0 Å². The fourth-order valence-corrected chi connectivity index (χ4v) is 11.5. The number of hydrogen-bond acceptors (Lipinski definition) is 7. The predicted molar refractivity (Wildman–Crippen MR) is 88.0 cm³/mol. The molecule has 0 unspecified atom stereocenters. The maximum absolute atomic E-state index is 16.3. The van der Waals surface area contributed by atoms with Gasteiger partial charge in [0.2, 0.25) is 0 Å². The van der Waals surface area contributed by atoms with Crippen LogP contribution in [0.15, 0.2) is 36.4 Å². The van der Waals surface area contributed by atoms with Crippen molar-refractivity contribution < 1.29 is 62.6 Å². The topological polar surface area (TPSA) is 94.1 Å². The van der Waals surface area contributed by atoms with E-state index in [4.69, 9.17) is 18.9 Å². The Balaban J connectivity index is 1.94. The molecule has 2 heterocycles. The SMILES string of the molecule is O=S(=O)([O-])C(F)(F)[I-](F)(c1ccc2c(c1)OCCO2)c1ccc2c(c1)OCCO2. The number of ether oxygens (including phenoxy) is 4. The van der Waals surface area contributed by atoms with Crippen LogP contribution in [0.5, 0.6) is 23.0 Å². The molecule has 0 saturated heterocycles. The van der Waals surface area contributed by atoms with E-state index in [1.807, 2.05) is 0 Å². The average Bonchev–Trinajstić information content (AvgIpc) is 2.71. The number of fused-ring (bicyclic) bond motifs is 2. The van der Waals surface area contributed by atoms with Crippen molar-refractivity contribution in [1.29, 1.82) is 0 Å². The zero-order valence-corrected chi connectivity index (χ0v) is 17.5. The van der Waals surface area contributed by atoms with Crippen LogP contribution in [0.3, 0.4) is 0 Å². The fraction of sp³-hybridized carbons (Fsp3) is 0.294. The summed E-state index contributed by atoms with van der Waals surface area (Å²) in [6, 6.07) is 6.38. The third-order valence-corrected chi connectivity index (χ3v) is 14.3. The monoisotopic (exact) mass is 546 g/mol. The Bertz CT molecular complexity index is 1000. The van der Waals surface area contributed by atoms with Crippen molar-refractivity contribution in [3.63, 3.8) is 0 Å². The fourth-order valence-electron chi connectivity index (χ4n) is 2.87. The first kappa shape index (κ1) is 20.3. The summed E-state index contributed by atoms with van der Waals surface area (Å²) < 4.78 is 95.1. The van der Waals surface area contributed by atoms with Gasteiger partial charge in [-0.15, -0.1) is 0 Å². The molecule has 7 nitrogen and oxygen atoms in total. The van der Waals surface area contributed by atoms with Crippen molar-refractivity contribution in [3.8, 4) is 23.0 Å². The molecule has 2 aliphatic heterocycles. The molecule has 0 saturated carbocycles. The Morgan fingerprint density at radius 1 is 0.793 bits per heavy atom. The van der Waals surface area contributed by atoms with Crippen LogP contribution in [0.4, 0.5) is 11.6 Å². The first-order valence-corrected chi connectivity index (χ1v) is 13.7. The molecule has 0 bridgehead atoms. The van der Waals surface area contributed by atoms with Crippen LogP contribution >= 0.6 is 0 Å². The molecule has 0 fully saturated rings. The number of hydrogen-bond donors (Lipinski definition) is 0. The molecule has 2 aromatic rings. The molecule has 0 spiro atoms. The Kier molecular flexibility index (Phi) is 4.98. The second kappa shape index (κ2) is 7.09. The third-order valence-electron chi connectivity index (χ3n) is 4.20. The molecule has 0 radical (unpaired) electrons. The van der Waals surface area contributed by atoms with Crippen LogP contribution in [-0.2, 0) is 10.1 Å². The van der Waals surface area contributed by atoms with Gasteiger partial charge in [0, 0.05) is 0 Å². The Hall–Kier alpha value is -1.93. The van der Waals surface area contributed by atoms with Gasteiger partial charge in [0.05, 0.1) is 0 Å². The van der Waals surface area contributed by atoms with Crippen molar-refractivity contribution in [3.05, 3.63) is 43.5 Å². The normalized spacial score (nSPS) is 17.0. The van der Waals surface area contributed by atoms with Crippen LogP contribution in [0.25, 0.3) is 0 Å². The summed E-state index contributed by atoms with van der Waals surface area (Å²) >= 11 is -6.57. The van der Waals surface area contributed by atoms with Crippen LogP contribution < -0.4 is 38.0 Å². The minimum atomic E-state index is -6.57. The first-order valence-electron chi connectivity index (χ1n) is 8.24. The summed E-state index contributed by atoms with van der Waals surface area (Å²) in [7, 11) is -6.32. The molecule has 0 amide bonds. The Labute approximate surface area is 168 Å². The van der Waals surface area contributed by atoms with E-state index in [9.17, 15) is 21.8 Å². The van der Waals surface area contributed by atoms with Gasteiger partial charge in [-0.1, -0.05) is 0 Å². The van der Waals surface area contributed by atoms with Crippen molar-refractivity contribution in [2.75, 3.05) is 26.4 Å². The number of benzene rings is 2. The predicted octanol–water partition coefficient (Wildman–Crippen LogP) is -0.591. The average molecular weight is 546 g/mol. The molecule has 0 aliphatic carbocycles. The van der Waals surface area contributed by atoms with E-state index in [0.29, 0.717) is 0 Å². The molecule has 2 aliphatic rings. The molecule has 0 atom stereocenters. The second-order valence-corrected chi connectivity index (χ2v) is 14.8. The van der Waals surface area contributed by atoms with Gasteiger partial charge in [-0.05, 0) is 0 Å². The zero-order valence-electron chi connectivity index (χ0n) is 14.6. The minimum absolute atomic E-state index is 0.00369. The summed E-state index contributed by atoms with van der Waals surface area (Å²) in [6.45, 7) is 0.673. The maximum atomic E-state index is 16.3. The van der Waals surface area contributed by atoms with E-state index in [2.05, 4.69) is 0 Å². The summed E-state index contributed by atoms with van der Waals surface area (Å²) in [5.41, 5.74) is 0. The van der Waals surface area contributed by atoms with E-state index < -0.39 is 39.5 Å².